The maximum atomic E-state index is 13.0. The van der Waals surface area contributed by atoms with Gasteiger partial charge >= 0.3 is 6.18 Å². The molecule has 0 fully saturated rings. The first-order valence-electron chi connectivity index (χ1n) is 8.42. The van der Waals surface area contributed by atoms with E-state index in [9.17, 15) is 30.8 Å². The Hall–Kier alpha value is -3.40. The molecule has 0 bridgehead atoms. The molecule has 0 aliphatic carbocycles. The minimum atomic E-state index is -4.61. The molecule has 0 saturated heterocycles. The lowest BCUT2D eigenvalue weighted by molar-refractivity contribution is -0.137. The summed E-state index contributed by atoms with van der Waals surface area (Å²) in [6.45, 7) is 0. The summed E-state index contributed by atoms with van der Waals surface area (Å²) >= 11 is 0. The molecule has 0 aliphatic rings. The smallest absolute Gasteiger partial charge is 0.320 e. The lowest BCUT2D eigenvalue weighted by Crippen LogP contribution is -2.17. The summed E-state index contributed by atoms with van der Waals surface area (Å²) in [5, 5.41) is 2.40. The van der Waals surface area contributed by atoms with Gasteiger partial charge in [-0.05, 0) is 54.6 Å². The molecule has 2 N–H and O–H groups in total. The second-order valence-corrected chi connectivity index (χ2v) is 7.82. The van der Waals surface area contributed by atoms with Crippen molar-refractivity contribution in [2.24, 2.45) is 0 Å². The lowest BCUT2D eigenvalue weighted by atomic mass is 10.1. The second kappa shape index (κ2) is 8.15. The van der Waals surface area contributed by atoms with E-state index in [4.69, 9.17) is 0 Å². The molecule has 0 aliphatic heterocycles. The fourth-order valence-corrected chi connectivity index (χ4v) is 3.61. The van der Waals surface area contributed by atoms with E-state index >= 15 is 0 Å². The molecule has 1 amide bonds. The molecule has 0 saturated carbocycles. The summed E-state index contributed by atoms with van der Waals surface area (Å²) in [6, 6.07) is 13.7. The highest BCUT2D eigenvalue weighted by Gasteiger charge is 2.31. The van der Waals surface area contributed by atoms with Crippen LogP contribution in [-0.4, -0.2) is 14.3 Å². The SMILES string of the molecule is O=C(Nc1ccccc1NS(=O)(=O)c1ccc(F)cc1)c1cccc(C(F)(F)F)c1. The van der Waals surface area contributed by atoms with Gasteiger partial charge < -0.3 is 5.32 Å². The highest BCUT2D eigenvalue weighted by molar-refractivity contribution is 7.92. The summed E-state index contributed by atoms with van der Waals surface area (Å²) in [6.07, 6.45) is -4.61. The predicted octanol–water partition coefficient (Wildman–Crippen LogP) is 4.90. The van der Waals surface area contributed by atoms with E-state index in [2.05, 4.69) is 10.0 Å². The first-order chi connectivity index (χ1) is 14.1. The lowest BCUT2D eigenvalue weighted by Gasteiger charge is -2.14. The molecule has 0 spiro atoms. The molecule has 30 heavy (non-hydrogen) atoms. The molecule has 0 atom stereocenters. The third-order valence-electron chi connectivity index (χ3n) is 4.00. The third-order valence-corrected chi connectivity index (χ3v) is 5.38. The van der Waals surface area contributed by atoms with Crippen LogP contribution < -0.4 is 10.0 Å². The Balaban J connectivity index is 1.85. The van der Waals surface area contributed by atoms with Gasteiger partial charge in [0.25, 0.3) is 15.9 Å². The fourth-order valence-electron chi connectivity index (χ4n) is 2.53. The number of benzene rings is 3. The molecular formula is C20H14F4N2O3S. The molecule has 3 rings (SSSR count). The number of alkyl halides is 3. The molecule has 10 heteroatoms. The molecule has 5 nitrogen and oxygen atoms in total. The van der Waals surface area contributed by atoms with Crippen LogP contribution in [0.3, 0.4) is 0 Å². The highest BCUT2D eigenvalue weighted by Crippen LogP contribution is 2.30. The standard InChI is InChI=1S/C20H14F4N2O3S/c21-15-8-10-16(11-9-15)30(28,29)26-18-7-2-1-6-17(18)25-19(27)13-4-3-5-14(12-13)20(22,23)24/h1-12,26H,(H,25,27). The minimum absolute atomic E-state index is 0.0119. The zero-order valence-corrected chi connectivity index (χ0v) is 15.9. The summed E-state index contributed by atoms with van der Waals surface area (Å²) in [7, 11) is -4.10. The van der Waals surface area contributed by atoms with Crippen molar-refractivity contribution < 1.29 is 30.8 Å². The van der Waals surface area contributed by atoms with Gasteiger partial charge in [0.2, 0.25) is 0 Å². The van der Waals surface area contributed by atoms with Gasteiger partial charge in [0.05, 0.1) is 21.8 Å². The number of amides is 1. The number of carbonyl (C=O) groups excluding carboxylic acids is 1. The number of para-hydroxylation sites is 2. The van der Waals surface area contributed by atoms with Crippen molar-refractivity contribution in [1.29, 1.82) is 0 Å². The fraction of sp³-hybridized carbons (Fsp3) is 0.0500. The van der Waals surface area contributed by atoms with Crippen LogP contribution >= 0.6 is 0 Å². The van der Waals surface area contributed by atoms with Crippen molar-refractivity contribution in [2.75, 3.05) is 10.0 Å². The Kier molecular flexibility index (Phi) is 5.79. The molecule has 0 aromatic heterocycles. The van der Waals surface area contributed by atoms with Gasteiger partial charge in [-0.2, -0.15) is 13.2 Å². The first-order valence-corrected chi connectivity index (χ1v) is 9.90. The molecule has 3 aromatic carbocycles. The number of carbonyl (C=O) groups is 1. The molecular weight excluding hydrogens is 424 g/mol. The van der Waals surface area contributed by atoms with E-state index in [1.165, 1.54) is 30.3 Å². The topological polar surface area (TPSA) is 75.3 Å². The van der Waals surface area contributed by atoms with Gasteiger partial charge in [-0.1, -0.05) is 18.2 Å². The first kappa shape index (κ1) is 21.3. The van der Waals surface area contributed by atoms with Crippen LogP contribution in [0.4, 0.5) is 28.9 Å². The van der Waals surface area contributed by atoms with Crippen molar-refractivity contribution in [3.63, 3.8) is 0 Å². The molecule has 3 aromatic rings. The highest BCUT2D eigenvalue weighted by atomic mass is 32.2. The van der Waals surface area contributed by atoms with Crippen LogP contribution in [0.1, 0.15) is 15.9 Å². The molecule has 0 radical (unpaired) electrons. The predicted molar refractivity (Wildman–Crippen MR) is 103 cm³/mol. The largest absolute Gasteiger partial charge is 0.416 e. The van der Waals surface area contributed by atoms with Crippen molar-refractivity contribution in [3.8, 4) is 0 Å². The summed E-state index contributed by atoms with van der Waals surface area (Å²) in [5.74, 6) is -1.46. The Bertz CT molecular complexity index is 1180. The summed E-state index contributed by atoms with van der Waals surface area (Å²) in [4.78, 5) is 12.2. The second-order valence-electron chi connectivity index (χ2n) is 6.14. The van der Waals surface area contributed by atoms with Crippen LogP contribution in [0.25, 0.3) is 0 Å². The minimum Gasteiger partial charge on any atom is -0.320 e. The van der Waals surface area contributed by atoms with Crippen LogP contribution in [0, 0.1) is 5.82 Å². The quantitative estimate of drug-likeness (QED) is 0.557. The van der Waals surface area contributed by atoms with Gasteiger partial charge in [-0.25, -0.2) is 12.8 Å². The monoisotopic (exact) mass is 438 g/mol. The zero-order valence-electron chi connectivity index (χ0n) is 15.1. The Morgan fingerprint density at radius 1 is 0.833 bits per heavy atom. The maximum absolute atomic E-state index is 13.0. The average molecular weight is 438 g/mol. The van der Waals surface area contributed by atoms with Crippen molar-refractivity contribution >= 4 is 27.3 Å². The van der Waals surface area contributed by atoms with Crippen molar-refractivity contribution in [1.82, 2.24) is 0 Å². The van der Waals surface area contributed by atoms with Crippen LogP contribution in [0.2, 0.25) is 0 Å². The molecule has 0 heterocycles. The van der Waals surface area contributed by atoms with Crippen molar-refractivity contribution in [2.45, 2.75) is 11.1 Å². The Morgan fingerprint density at radius 3 is 2.10 bits per heavy atom. The number of anilines is 2. The number of hydrogen-bond donors (Lipinski definition) is 2. The van der Waals surface area contributed by atoms with Gasteiger partial charge in [-0.15, -0.1) is 0 Å². The van der Waals surface area contributed by atoms with Gasteiger partial charge in [0.15, 0.2) is 0 Å². The third kappa shape index (κ3) is 4.95. The van der Waals surface area contributed by atoms with Crippen LogP contribution in [-0.2, 0) is 16.2 Å². The van der Waals surface area contributed by atoms with Gasteiger partial charge in [0, 0.05) is 5.56 Å². The van der Waals surface area contributed by atoms with E-state index in [-0.39, 0.29) is 21.8 Å². The number of rotatable bonds is 5. The Labute approximate surface area is 169 Å². The summed E-state index contributed by atoms with van der Waals surface area (Å²) < 4.78 is 78.9. The molecule has 0 unspecified atom stereocenters. The number of sulfonamides is 1. The van der Waals surface area contributed by atoms with Crippen LogP contribution in [0.5, 0.6) is 0 Å². The maximum Gasteiger partial charge on any atom is 0.416 e. The summed E-state index contributed by atoms with van der Waals surface area (Å²) in [5.41, 5.74) is -1.21. The van der Waals surface area contributed by atoms with E-state index in [1.807, 2.05) is 0 Å². The average Bonchev–Trinajstić information content (AvgIpc) is 2.69. The van der Waals surface area contributed by atoms with Crippen LogP contribution in [0.15, 0.2) is 77.7 Å². The van der Waals surface area contributed by atoms with Gasteiger partial charge in [-0.3, -0.25) is 9.52 Å². The normalized spacial score (nSPS) is 11.7. The zero-order chi connectivity index (χ0) is 21.9. The molecule has 156 valence electrons. The number of nitrogens with one attached hydrogen (secondary N) is 2. The number of halogens is 4. The van der Waals surface area contributed by atoms with E-state index < -0.39 is 33.5 Å². The van der Waals surface area contributed by atoms with E-state index in [0.29, 0.717) is 6.07 Å². The Morgan fingerprint density at radius 2 is 1.47 bits per heavy atom. The van der Waals surface area contributed by atoms with E-state index in [1.54, 1.807) is 0 Å². The van der Waals surface area contributed by atoms with Crippen molar-refractivity contribution in [3.05, 3.63) is 89.7 Å². The number of hydrogen-bond acceptors (Lipinski definition) is 3. The van der Waals surface area contributed by atoms with E-state index in [0.717, 1.165) is 36.4 Å². The van der Waals surface area contributed by atoms with Gasteiger partial charge in [0.1, 0.15) is 5.82 Å².